The van der Waals surface area contributed by atoms with Gasteiger partial charge in [-0.15, -0.1) is 0 Å². The lowest BCUT2D eigenvalue weighted by atomic mass is 10.1. The number of carbonyl (C=O) groups excluding carboxylic acids is 1. The third-order valence-electron chi connectivity index (χ3n) is 4.26. The number of nitrogens with one attached hydrogen (secondary N) is 1. The first kappa shape index (κ1) is 21.3. The zero-order valence-corrected chi connectivity index (χ0v) is 16.6. The molecular formula is C20H20F3N5O2. The van der Waals surface area contributed by atoms with Crippen molar-refractivity contribution in [3.05, 3.63) is 69.8 Å². The molecule has 3 aromatic rings. The molecule has 0 aliphatic carbocycles. The molecule has 10 heteroatoms. The number of amides is 1. The molecule has 0 saturated carbocycles. The maximum atomic E-state index is 13.4. The van der Waals surface area contributed by atoms with Crippen molar-refractivity contribution in [1.82, 2.24) is 19.6 Å². The maximum Gasteiger partial charge on any atom is 0.418 e. The topological polar surface area (TPSA) is 81.8 Å². The van der Waals surface area contributed by atoms with Gasteiger partial charge in [-0.1, -0.05) is 26.0 Å². The Morgan fingerprint density at radius 2 is 1.90 bits per heavy atom. The van der Waals surface area contributed by atoms with Gasteiger partial charge in [-0.05, 0) is 25.0 Å². The Balaban J connectivity index is 2.02. The summed E-state index contributed by atoms with van der Waals surface area (Å²) in [6.45, 7) is 5.94. The van der Waals surface area contributed by atoms with Crippen LogP contribution in [0.3, 0.4) is 0 Å². The second kappa shape index (κ2) is 8.13. The van der Waals surface area contributed by atoms with Crippen molar-refractivity contribution in [3.8, 4) is 5.69 Å². The molecule has 0 unspecified atom stereocenters. The van der Waals surface area contributed by atoms with Gasteiger partial charge in [0.15, 0.2) is 5.69 Å². The molecule has 2 aromatic heterocycles. The first-order valence-corrected chi connectivity index (χ1v) is 9.18. The van der Waals surface area contributed by atoms with E-state index in [9.17, 15) is 22.8 Å². The van der Waals surface area contributed by atoms with Crippen LogP contribution < -0.4 is 10.7 Å². The summed E-state index contributed by atoms with van der Waals surface area (Å²) in [5, 5.41) is 10.6. The van der Waals surface area contributed by atoms with E-state index in [-0.39, 0.29) is 17.3 Å². The van der Waals surface area contributed by atoms with Crippen LogP contribution in [0.2, 0.25) is 0 Å². The Morgan fingerprint density at radius 1 is 1.20 bits per heavy atom. The minimum absolute atomic E-state index is 0.165. The summed E-state index contributed by atoms with van der Waals surface area (Å²) in [5.41, 5.74) is -2.25. The molecule has 3 rings (SSSR count). The summed E-state index contributed by atoms with van der Waals surface area (Å²) in [6.07, 6.45) is -3.13. The second-order valence-electron chi connectivity index (χ2n) is 7.17. The standard InChI is InChI=1S/C20H20F3N5O2/c1-12(2)11-27-17(8-9-24-27)25-19(30)18-16(29)10-13(3)28(26-18)15-7-5-4-6-14(15)20(21,22)23/h4-10,12H,11H2,1-3H3,(H,25,30). The summed E-state index contributed by atoms with van der Waals surface area (Å²) < 4.78 is 42.8. The molecule has 7 nitrogen and oxygen atoms in total. The zero-order valence-electron chi connectivity index (χ0n) is 16.6. The highest BCUT2D eigenvalue weighted by Crippen LogP contribution is 2.33. The van der Waals surface area contributed by atoms with Crippen LogP contribution in [0.25, 0.3) is 5.69 Å². The zero-order chi connectivity index (χ0) is 22.1. The van der Waals surface area contributed by atoms with E-state index in [0.717, 1.165) is 16.8 Å². The fourth-order valence-corrected chi connectivity index (χ4v) is 2.95. The fraction of sp³-hybridized carbons (Fsp3) is 0.300. The number of hydrogen-bond donors (Lipinski definition) is 1. The maximum absolute atomic E-state index is 13.4. The molecule has 1 amide bonds. The van der Waals surface area contributed by atoms with Crippen LogP contribution in [0.4, 0.5) is 19.0 Å². The van der Waals surface area contributed by atoms with Crippen molar-refractivity contribution in [1.29, 1.82) is 0 Å². The summed E-state index contributed by atoms with van der Waals surface area (Å²) in [4.78, 5) is 25.1. The first-order valence-electron chi connectivity index (χ1n) is 9.18. The SMILES string of the molecule is Cc1cc(=O)c(C(=O)Nc2ccnn2CC(C)C)nn1-c1ccccc1C(F)(F)F. The van der Waals surface area contributed by atoms with Crippen LogP contribution in [-0.4, -0.2) is 25.5 Å². The Bertz CT molecular complexity index is 1130. The van der Waals surface area contributed by atoms with E-state index in [1.54, 1.807) is 10.7 Å². The number of alkyl halides is 3. The minimum atomic E-state index is -4.63. The molecule has 158 valence electrons. The molecule has 2 heterocycles. The molecule has 1 aromatic carbocycles. The molecule has 0 aliphatic rings. The van der Waals surface area contributed by atoms with Gasteiger partial charge in [0, 0.05) is 24.4 Å². The number of rotatable bonds is 5. The van der Waals surface area contributed by atoms with Gasteiger partial charge >= 0.3 is 6.18 Å². The molecule has 30 heavy (non-hydrogen) atoms. The number of benzene rings is 1. The first-order chi connectivity index (χ1) is 14.1. The summed E-state index contributed by atoms with van der Waals surface area (Å²) in [5.74, 6) is -0.212. The monoisotopic (exact) mass is 419 g/mol. The third kappa shape index (κ3) is 4.42. The molecule has 0 atom stereocenters. The van der Waals surface area contributed by atoms with Crippen LogP contribution in [0.1, 0.15) is 35.6 Å². The van der Waals surface area contributed by atoms with Crippen molar-refractivity contribution in [2.75, 3.05) is 5.32 Å². The van der Waals surface area contributed by atoms with Gasteiger partial charge in [-0.3, -0.25) is 9.59 Å². The van der Waals surface area contributed by atoms with Gasteiger partial charge in [0.05, 0.1) is 17.4 Å². The van der Waals surface area contributed by atoms with E-state index >= 15 is 0 Å². The number of aromatic nitrogens is 4. The largest absolute Gasteiger partial charge is 0.418 e. The normalized spacial score (nSPS) is 11.7. The van der Waals surface area contributed by atoms with Gasteiger partial charge in [0.2, 0.25) is 5.43 Å². The Kier molecular flexibility index (Phi) is 5.77. The van der Waals surface area contributed by atoms with Gasteiger partial charge in [0.1, 0.15) is 5.82 Å². The predicted molar refractivity (Wildman–Crippen MR) is 105 cm³/mol. The molecule has 0 radical (unpaired) electrons. The van der Waals surface area contributed by atoms with E-state index in [1.165, 1.54) is 31.3 Å². The predicted octanol–water partition coefficient (Wildman–Crippen LogP) is 3.66. The molecule has 0 spiro atoms. The van der Waals surface area contributed by atoms with Gasteiger partial charge in [-0.25, -0.2) is 9.36 Å². The molecular weight excluding hydrogens is 399 g/mol. The van der Waals surface area contributed by atoms with Gasteiger partial charge < -0.3 is 5.32 Å². The van der Waals surface area contributed by atoms with E-state index in [4.69, 9.17) is 0 Å². The highest BCUT2D eigenvalue weighted by Gasteiger charge is 2.34. The molecule has 0 fully saturated rings. The smallest absolute Gasteiger partial charge is 0.305 e. The number of aryl methyl sites for hydroxylation is 1. The van der Waals surface area contributed by atoms with E-state index in [2.05, 4.69) is 15.5 Å². The molecule has 0 bridgehead atoms. The Hall–Kier alpha value is -3.43. The van der Waals surface area contributed by atoms with Crippen LogP contribution in [0.15, 0.2) is 47.4 Å². The average Bonchev–Trinajstić information content (AvgIpc) is 3.07. The average molecular weight is 419 g/mol. The number of hydrogen-bond acceptors (Lipinski definition) is 4. The summed E-state index contributed by atoms with van der Waals surface area (Å²) >= 11 is 0. The minimum Gasteiger partial charge on any atom is -0.305 e. The van der Waals surface area contributed by atoms with Crippen LogP contribution in [0, 0.1) is 12.8 Å². The summed E-state index contributed by atoms with van der Waals surface area (Å²) in [7, 11) is 0. The molecule has 0 aliphatic heterocycles. The van der Waals surface area contributed by atoms with Crippen LogP contribution in [-0.2, 0) is 12.7 Å². The second-order valence-corrected chi connectivity index (χ2v) is 7.17. The van der Waals surface area contributed by atoms with Gasteiger partial charge in [0.25, 0.3) is 5.91 Å². The van der Waals surface area contributed by atoms with Crippen molar-refractivity contribution >= 4 is 11.7 Å². The number of carbonyl (C=O) groups is 1. The molecule has 0 saturated heterocycles. The molecule has 1 N–H and O–H groups in total. The quantitative estimate of drug-likeness (QED) is 0.684. The lowest BCUT2D eigenvalue weighted by Gasteiger charge is -2.17. The third-order valence-corrected chi connectivity index (χ3v) is 4.26. The number of para-hydroxylation sites is 1. The number of anilines is 1. The number of halogens is 3. The van der Waals surface area contributed by atoms with Crippen LogP contribution in [0.5, 0.6) is 0 Å². The summed E-state index contributed by atoms with van der Waals surface area (Å²) in [6, 6.07) is 7.47. The van der Waals surface area contributed by atoms with Crippen molar-refractivity contribution < 1.29 is 18.0 Å². The van der Waals surface area contributed by atoms with Crippen molar-refractivity contribution in [2.45, 2.75) is 33.5 Å². The Morgan fingerprint density at radius 3 is 2.57 bits per heavy atom. The fourth-order valence-electron chi connectivity index (χ4n) is 2.95. The lowest BCUT2D eigenvalue weighted by molar-refractivity contribution is -0.137. The van der Waals surface area contributed by atoms with E-state index in [0.29, 0.717) is 12.4 Å². The van der Waals surface area contributed by atoms with E-state index in [1.807, 2.05) is 13.8 Å². The lowest BCUT2D eigenvalue weighted by Crippen LogP contribution is -2.28. The number of nitrogens with zero attached hydrogens (tertiary/aromatic N) is 4. The highest BCUT2D eigenvalue weighted by molar-refractivity contribution is 6.02. The highest BCUT2D eigenvalue weighted by atomic mass is 19.4. The van der Waals surface area contributed by atoms with Crippen molar-refractivity contribution in [3.63, 3.8) is 0 Å². The van der Waals surface area contributed by atoms with Crippen molar-refractivity contribution in [2.24, 2.45) is 5.92 Å². The van der Waals surface area contributed by atoms with Crippen LogP contribution >= 0.6 is 0 Å². The van der Waals surface area contributed by atoms with Gasteiger partial charge in [-0.2, -0.15) is 23.4 Å². The Labute approximate surface area is 170 Å². The van der Waals surface area contributed by atoms with E-state index < -0.39 is 28.8 Å².